The summed E-state index contributed by atoms with van der Waals surface area (Å²) in [5.41, 5.74) is 16.2. The molecule has 167 valence electrons. The Balaban J connectivity index is 1.62. The first kappa shape index (κ1) is 20.1. The highest BCUT2D eigenvalue weighted by Crippen LogP contribution is 2.65. The van der Waals surface area contributed by atoms with Crippen LogP contribution in [0.15, 0.2) is 126 Å². The standard InChI is InChI=1S/C34H22BO/c36-35-23-17-18-26-25-12-5-7-15-29(25)34(31(26)20-23)30-16-8-6-14-28(30)32-27-13-4-3-11-24(27)21-9-1-2-10-22(19-21)33(32)34/h1-18,20,36H,19H2. The van der Waals surface area contributed by atoms with E-state index in [2.05, 4.69) is 109 Å². The highest BCUT2D eigenvalue weighted by atomic mass is 16.2. The van der Waals surface area contributed by atoms with E-state index < -0.39 is 5.41 Å². The summed E-state index contributed by atoms with van der Waals surface area (Å²) in [6.45, 7) is 0. The van der Waals surface area contributed by atoms with Crippen molar-refractivity contribution in [1.82, 2.24) is 0 Å². The van der Waals surface area contributed by atoms with Gasteiger partial charge in [-0.1, -0.05) is 121 Å². The second-order valence-corrected chi connectivity index (χ2v) is 10.0. The second-order valence-electron chi connectivity index (χ2n) is 10.0. The molecule has 0 amide bonds. The van der Waals surface area contributed by atoms with E-state index in [0.29, 0.717) is 0 Å². The van der Waals surface area contributed by atoms with E-state index in [1.54, 1.807) is 0 Å². The zero-order valence-electron chi connectivity index (χ0n) is 19.7. The molecule has 0 aromatic heterocycles. The Kier molecular flexibility index (Phi) is 4.02. The third-order valence-electron chi connectivity index (χ3n) is 8.39. The van der Waals surface area contributed by atoms with Gasteiger partial charge in [0.25, 0.3) is 0 Å². The topological polar surface area (TPSA) is 20.2 Å². The van der Waals surface area contributed by atoms with Gasteiger partial charge in [-0.2, -0.15) is 0 Å². The van der Waals surface area contributed by atoms with Gasteiger partial charge in [0.1, 0.15) is 0 Å². The van der Waals surface area contributed by atoms with E-state index in [-0.39, 0.29) is 0 Å². The lowest BCUT2D eigenvalue weighted by atomic mass is 9.66. The highest BCUT2D eigenvalue weighted by Gasteiger charge is 2.54. The zero-order chi connectivity index (χ0) is 23.9. The van der Waals surface area contributed by atoms with E-state index in [4.69, 9.17) is 0 Å². The molecule has 4 aromatic rings. The minimum atomic E-state index is -0.441. The largest absolute Gasteiger partial charge is 0.450 e. The normalized spacial score (nSPS) is 19.9. The van der Waals surface area contributed by atoms with Crippen LogP contribution in [-0.2, 0) is 5.41 Å². The predicted molar refractivity (Wildman–Crippen MR) is 148 cm³/mol. The monoisotopic (exact) mass is 457 g/mol. The number of rotatable bonds is 1. The SMILES string of the molecule is O[B]c1ccc2c(c1)C1(C3=C(c4ccccc4C4=CC=CC=C3C4)c3ccccc31)c1ccccc1-2. The lowest BCUT2D eigenvalue weighted by Crippen LogP contribution is -2.30. The number of hydrogen-bond acceptors (Lipinski definition) is 1. The van der Waals surface area contributed by atoms with E-state index in [1.165, 1.54) is 74.3 Å². The van der Waals surface area contributed by atoms with Gasteiger partial charge in [0, 0.05) is 0 Å². The maximum atomic E-state index is 10.0. The summed E-state index contributed by atoms with van der Waals surface area (Å²) < 4.78 is 0. The van der Waals surface area contributed by atoms with Crippen molar-refractivity contribution in [3.05, 3.63) is 160 Å². The Bertz CT molecular complexity index is 1750. The molecule has 0 aliphatic heterocycles. The molecule has 1 nitrogen and oxygen atoms in total. The zero-order valence-corrected chi connectivity index (χ0v) is 19.7. The summed E-state index contributed by atoms with van der Waals surface area (Å²) in [5.74, 6) is 0. The molecule has 0 saturated carbocycles. The molecule has 1 unspecified atom stereocenters. The molecule has 36 heavy (non-hydrogen) atoms. The van der Waals surface area contributed by atoms with Crippen molar-refractivity contribution in [1.29, 1.82) is 0 Å². The summed E-state index contributed by atoms with van der Waals surface area (Å²) in [6.07, 6.45) is 9.85. The Labute approximate surface area is 211 Å². The third-order valence-corrected chi connectivity index (χ3v) is 8.39. The number of benzene rings is 4. The Morgan fingerprint density at radius 2 is 1.19 bits per heavy atom. The average Bonchev–Trinajstić information content (AvgIpc) is 3.19. The van der Waals surface area contributed by atoms with Gasteiger partial charge in [-0.05, 0) is 73.2 Å². The minimum absolute atomic E-state index is 0.441. The minimum Gasteiger partial charge on any atom is -0.450 e. The fraction of sp³-hybridized carbons (Fsp3) is 0.0588. The smallest absolute Gasteiger partial charge is 0.326 e. The Morgan fingerprint density at radius 1 is 0.583 bits per heavy atom. The molecule has 0 fully saturated rings. The molecule has 8 rings (SSSR count). The molecule has 4 aromatic carbocycles. The summed E-state index contributed by atoms with van der Waals surface area (Å²) in [6, 6.07) is 33.1. The maximum absolute atomic E-state index is 10.0. The molecule has 4 aliphatic rings. The van der Waals surface area contributed by atoms with E-state index >= 15 is 0 Å². The van der Waals surface area contributed by atoms with Gasteiger partial charge in [0.05, 0.1) is 5.41 Å². The van der Waals surface area contributed by atoms with Gasteiger partial charge in [0.2, 0.25) is 0 Å². The van der Waals surface area contributed by atoms with Gasteiger partial charge < -0.3 is 5.02 Å². The van der Waals surface area contributed by atoms with Crippen LogP contribution in [0.2, 0.25) is 0 Å². The molecule has 1 spiro atoms. The summed E-state index contributed by atoms with van der Waals surface area (Å²) in [7, 11) is 1.23. The first-order valence-corrected chi connectivity index (χ1v) is 12.6. The van der Waals surface area contributed by atoms with Crippen LogP contribution in [0.4, 0.5) is 0 Å². The quantitative estimate of drug-likeness (QED) is 0.331. The molecular formula is C34H22BO. The lowest BCUT2D eigenvalue weighted by molar-refractivity contribution is 0.615. The lowest BCUT2D eigenvalue weighted by Gasteiger charge is -2.34. The van der Waals surface area contributed by atoms with Crippen molar-refractivity contribution < 1.29 is 5.02 Å². The van der Waals surface area contributed by atoms with Crippen molar-refractivity contribution in [2.75, 3.05) is 0 Å². The van der Waals surface area contributed by atoms with Crippen LogP contribution >= 0.6 is 0 Å². The van der Waals surface area contributed by atoms with Crippen molar-refractivity contribution in [3.8, 4) is 11.1 Å². The van der Waals surface area contributed by atoms with Gasteiger partial charge in [-0.15, -0.1) is 0 Å². The molecule has 4 aliphatic carbocycles. The molecule has 1 N–H and O–H groups in total. The molecule has 0 saturated heterocycles. The summed E-state index contributed by atoms with van der Waals surface area (Å²) in [5, 5.41) is 10.0. The highest BCUT2D eigenvalue weighted by molar-refractivity contribution is 6.45. The fourth-order valence-electron chi connectivity index (χ4n) is 7.11. The summed E-state index contributed by atoms with van der Waals surface area (Å²) >= 11 is 0. The summed E-state index contributed by atoms with van der Waals surface area (Å²) in [4.78, 5) is 0. The van der Waals surface area contributed by atoms with Crippen LogP contribution in [0.1, 0.15) is 39.8 Å². The fourth-order valence-corrected chi connectivity index (χ4v) is 7.11. The van der Waals surface area contributed by atoms with E-state index in [0.717, 1.165) is 11.9 Å². The number of hydrogen-bond donors (Lipinski definition) is 1. The number of allylic oxidation sites excluding steroid dienone is 7. The predicted octanol–water partition coefficient (Wildman–Crippen LogP) is 6.34. The van der Waals surface area contributed by atoms with Crippen LogP contribution in [0.3, 0.4) is 0 Å². The first-order valence-electron chi connectivity index (χ1n) is 12.6. The molecule has 2 bridgehead atoms. The van der Waals surface area contributed by atoms with Gasteiger partial charge in [0.15, 0.2) is 0 Å². The van der Waals surface area contributed by atoms with Crippen molar-refractivity contribution in [2.45, 2.75) is 11.8 Å². The molecular weight excluding hydrogens is 435 g/mol. The van der Waals surface area contributed by atoms with E-state index in [9.17, 15) is 5.02 Å². The van der Waals surface area contributed by atoms with Crippen LogP contribution in [0, 0.1) is 0 Å². The second kappa shape index (κ2) is 7.19. The molecule has 1 atom stereocenters. The third kappa shape index (κ3) is 2.35. The Morgan fingerprint density at radius 3 is 1.97 bits per heavy atom. The molecule has 2 heteroatoms. The first-order chi connectivity index (χ1) is 17.8. The van der Waals surface area contributed by atoms with Crippen molar-refractivity contribution >= 4 is 24.1 Å². The Hall–Kier alpha value is -4.14. The van der Waals surface area contributed by atoms with Gasteiger partial charge in [-0.25, -0.2) is 0 Å². The number of fused-ring (bicyclic) bond motifs is 15. The van der Waals surface area contributed by atoms with Crippen LogP contribution in [-0.4, -0.2) is 12.5 Å². The average molecular weight is 457 g/mol. The van der Waals surface area contributed by atoms with Crippen LogP contribution in [0.25, 0.3) is 22.3 Å². The van der Waals surface area contributed by atoms with Crippen molar-refractivity contribution in [2.24, 2.45) is 0 Å². The van der Waals surface area contributed by atoms with Crippen LogP contribution in [0.5, 0.6) is 0 Å². The van der Waals surface area contributed by atoms with Crippen LogP contribution < -0.4 is 5.46 Å². The van der Waals surface area contributed by atoms with Gasteiger partial charge in [-0.3, -0.25) is 0 Å². The van der Waals surface area contributed by atoms with Crippen molar-refractivity contribution in [3.63, 3.8) is 0 Å². The molecule has 0 heterocycles. The van der Waals surface area contributed by atoms with E-state index in [1.807, 2.05) is 6.07 Å². The maximum Gasteiger partial charge on any atom is 0.326 e. The van der Waals surface area contributed by atoms with Gasteiger partial charge >= 0.3 is 7.48 Å². The molecule has 1 radical (unpaired) electrons.